The number of carbonyl (C=O) groups is 1. The molecule has 0 aliphatic carbocycles. The number of nitrogens with zero attached hydrogens (tertiary/aromatic N) is 5. The number of carbonyl (C=O) groups excluding carboxylic acids is 1. The topological polar surface area (TPSA) is 115 Å². The van der Waals surface area contributed by atoms with Gasteiger partial charge in [0.25, 0.3) is 5.91 Å². The molecule has 9 heteroatoms. The highest BCUT2D eigenvalue weighted by molar-refractivity contribution is 5.94. The molecule has 4 rings (SSSR count). The molecule has 1 saturated heterocycles. The monoisotopic (exact) mass is 408 g/mol. The van der Waals surface area contributed by atoms with E-state index in [-0.39, 0.29) is 24.7 Å². The summed E-state index contributed by atoms with van der Waals surface area (Å²) in [6.07, 6.45) is 8.54. The zero-order chi connectivity index (χ0) is 20.8. The summed E-state index contributed by atoms with van der Waals surface area (Å²) in [7, 11) is 0. The van der Waals surface area contributed by atoms with Crippen LogP contribution in [0.4, 0.5) is 0 Å². The van der Waals surface area contributed by atoms with Crippen LogP contribution in [0.5, 0.6) is 0 Å². The zero-order valence-corrected chi connectivity index (χ0v) is 16.5. The van der Waals surface area contributed by atoms with E-state index in [0.29, 0.717) is 12.1 Å². The first-order valence-electron chi connectivity index (χ1n) is 10.0. The first-order chi connectivity index (χ1) is 14.7. The number of aliphatic hydroxyl groups is 1. The summed E-state index contributed by atoms with van der Waals surface area (Å²) in [5.41, 5.74) is 2.00. The Labute approximate surface area is 174 Å². The molecule has 4 heterocycles. The molecule has 1 aliphatic rings. The lowest BCUT2D eigenvalue weighted by atomic mass is 9.97. The number of amides is 1. The van der Waals surface area contributed by atoms with Crippen LogP contribution in [0, 0.1) is 0 Å². The van der Waals surface area contributed by atoms with Crippen LogP contribution < -0.4 is 5.32 Å². The fourth-order valence-corrected chi connectivity index (χ4v) is 3.57. The van der Waals surface area contributed by atoms with Gasteiger partial charge >= 0.3 is 0 Å². The quantitative estimate of drug-likeness (QED) is 0.608. The summed E-state index contributed by atoms with van der Waals surface area (Å²) in [5.74, 6) is -0.210. The molecule has 0 saturated carbocycles. The second kappa shape index (κ2) is 9.55. The first kappa shape index (κ1) is 20.1. The molecular weight excluding hydrogens is 384 g/mol. The van der Waals surface area contributed by atoms with Gasteiger partial charge in [-0.05, 0) is 43.5 Å². The van der Waals surface area contributed by atoms with E-state index >= 15 is 0 Å². The van der Waals surface area contributed by atoms with Gasteiger partial charge in [0.1, 0.15) is 11.8 Å². The molecule has 1 amide bonds. The van der Waals surface area contributed by atoms with Gasteiger partial charge in [0.15, 0.2) is 0 Å². The summed E-state index contributed by atoms with van der Waals surface area (Å²) in [5, 5.41) is 21.0. The molecule has 9 nitrogen and oxygen atoms in total. The van der Waals surface area contributed by atoms with Crippen molar-refractivity contribution in [1.29, 1.82) is 0 Å². The Hall–Kier alpha value is -3.17. The highest BCUT2D eigenvalue weighted by Crippen LogP contribution is 2.23. The molecule has 3 aromatic heterocycles. The number of rotatable bonds is 7. The largest absolute Gasteiger partial charge is 0.394 e. The Morgan fingerprint density at radius 3 is 2.90 bits per heavy atom. The average Bonchev–Trinajstić information content (AvgIpc) is 3.28. The van der Waals surface area contributed by atoms with E-state index in [9.17, 15) is 9.90 Å². The number of aromatic nitrogens is 5. The van der Waals surface area contributed by atoms with Crippen LogP contribution in [-0.4, -0.2) is 60.8 Å². The van der Waals surface area contributed by atoms with Gasteiger partial charge in [-0.1, -0.05) is 11.3 Å². The molecule has 156 valence electrons. The molecule has 0 spiro atoms. The van der Waals surface area contributed by atoms with Crippen molar-refractivity contribution in [2.24, 2.45) is 0 Å². The second-order valence-electron chi connectivity index (χ2n) is 7.25. The van der Waals surface area contributed by atoms with E-state index in [1.807, 2.05) is 24.4 Å². The van der Waals surface area contributed by atoms with Crippen LogP contribution in [0.1, 0.15) is 29.6 Å². The summed E-state index contributed by atoms with van der Waals surface area (Å²) in [6.45, 7) is 0.497. The van der Waals surface area contributed by atoms with E-state index < -0.39 is 6.10 Å². The van der Waals surface area contributed by atoms with Gasteiger partial charge in [0.05, 0.1) is 36.2 Å². The van der Waals surface area contributed by atoms with Gasteiger partial charge in [-0.2, -0.15) is 0 Å². The van der Waals surface area contributed by atoms with Gasteiger partial charge in [0, 0.05) is 25.1 Å². The van der Waals surface area contributed by atoms with Crippen LogP contribution in [0.15, 0.2) is 55.1 Å². The number of hydrogen-bond donors (Lipinski definition) is 2. The molecule has 0 unspecified atom stereocenters. The highest BCUT2D eigenvalue weighted by atomic mass is 16.5. The molecule has 2 N–H and O–H groups in total. The van der Waals surface area contributed by atoms with Crippen molar-refractivity contribution in [2.45, 2.75) is 44.1 Å². The minimum absolute atomic E-state index is 0.0174. The van der Waals surface area contributed by atoms with Crippen molar-refractivity contribution < 1.29 is 14.6 Å². The van der Waals surface area contributed by atoms with Crippen LogP contribution in [0.2, 0.25) is 0 Å². The summed E-state index contributed by atoms with van der Waals surface area (Å²) < 4.78 is 7.82. The van der Waals surface area contributed by atoms with Crippen molar-refractivity contribution >= 4 is 5.91 Å². The number of hydrogen-bond acceptors (Lipinski definition) is 7. The van der Waals surface area contributed by atoms with Crippen molar-refractivity contribution in [3.8, 4) is 11.4 Å². The second-order valence-corrected chi connectivity index (χ2v) is 7.25. The number of aliphatic hydroxyl groups excluding tert-OH is 1. The third-order valence-electron chi connectivity index (χ3n) is 5.18. The van der Waals surface area contributed by atoms with Gasteiger partial charge in [0.2, 0.25) is 0 Å². The lowest BCUT2D eigenvalue weighted by Crippen LogP contribution is -2.51. The van der Waals surface area contributed by atoms with Gasteiger partial charge < -0.3 is 15.2 Å². The van der Waals surface area contributed by atoms with Gasteiger partial charge in [-0.15, -0.1) is 5.10 Å². The summed E-state index contributed by atoms with van der Waals surface area (Å²) in [6, 6.07) is 8.86. The average molecular weight is 408 g/mol. The fourth-order valence-electron chi connectivity index (χ4n) is 3.57. The molecule has 0 aromatic carbocycles. The smallest absolute Gasteiger partial charge is 0.253 e. The molecule has 30 heavy (non-hydrogen) atoms. The third-order valence-corrected chi connectivity index (χ3v) is 5.18. The molecule has 3 aromatic rings. The highest BCUT2D eigenvalue weighted by Gasteiger charge is 2.32. The molecule has 1 fully saturated rings. The van der Waals surface area contributed by atoms with Crippen LogP contribution in [0.3, 0.4) is 0 Å². The molecular formula is C21H24N6O3. The predicted octanol–water partition coefficient (Wildman–Crippen LogP) is 1.46. The van der Waals surface area contributed by atoms with Crippen molar-refractivity contribution in [1.82, 2.24) is 30.3 Å². The Kier molecular flexibility index (Phi) is 6.41. The van der Waals surface area contributed by atoms with E-state index in [4.69, 9.17) is 4.74 Å². The molecule has 3 atom stereocenters. The van der Waals surface area contributed by atoms with Gasteiger partial charge in [-0.25, -0.2) is 0 Å². The Balaban J connectivity index is 1.29. The first-order valence-corrected chi connectivity index (χ1v) is 10.0. The van der Waals surface area contributed by atoms with Crippen LogP contribution >= 0.6 is 0 Å². The third kappa shape index (κ3) is 4.87. The lowest BCUT2D eigenvalue weighted by molar-refractivity contribution is -0.0912. The Morgan fingerprint density at radius 1 is 1.20 bits per heavy atom. The molecule has 0 bridgehead atoms. The standard InChI is InChI=1S/C21H24N6O3/c28-14-20-18(24-21(29)15-4-3-9-22-12-15)7-6-16(30-20)8-11-27-13-19(25-26-27)17-5-1-2-10-23-17/h1-5,9-10,12-13,16,18,20,28H,6-8,11,14H2,(H,24,29)/t16-,18-,20+/m0/s1. The zero-order valence-electron chi connectivity index (χ0n) is 16.5. The van der Waals surface area contributed by atoms with E-state index in [2.05, 4.69) is 25.6 Å². The SMILES string of the molecule is O=C(N[C@H]1CC[C@@H](CCn2cc(-c3ccccn3)nn2)O[C@@H]1CO)c1cccnc1. The van der Waals surface area contributed by atoms with E-state index in [0.717, 1.165) is 30.7 Å². The van der Waals surface area contributed by atoms with Crippen molar-refractivity contribution in [2.75, 3.05) is 6.61 Å². The Morgan fingerprint density at radius 2 is 2.13 bits per heavy atom. The normalized spacial score (nSPS) is 21.3. The summed E-state index contributed by atoms with van der Waals surface area (Å²) in [4.78, 5) is 20.6. The van der Waals surface area contributed by atoms with Crippen molar-refractivity contribution in [3.05, 3.63) is 60.7 Å². The van der Waals surface area contributed by atoms with Crippen LogP contribution in [0.25, 0.3) is 11.4 Å². The maximum Gasteiger partial charge on any atom is 0.253 e. The van der Waals surface area contributed by atoms with E-state index in [1.54, 1.807) is 29.2 Å². The number of aryl methyl sites for hydroxylation is 1. The Bertz CT molecular complexity index is 950. The minimum Gasteiger partial charge on any atom is -0.394 e. The van der Waals surface area contributed by atoms with E-state index in [1.165, 1.54) is 6.20 Å². The fraction of sp³-hybridized carbons (Fsp3) is 0.381. The molecule has 0 radical (unpaired) electrons. The van der Waals surface area contributed by atoms with Crippen LogP contribution in [-0.2, 0) is 11.3 Å². The van der Waals surface area contributed by atoms with Gasteiger partial charge in [-0.3, -0.25) is 19.4 Å². The van der Waals surface area contributed by atoms with Crippen molar-refractivity contribution in [3.63, 3.8) is 0 Å². The maximum atomic E-state index is 12.4. The lowest BCUT2D eigenvalue weighted by Gasteiger charge is -2.36. The maximum absolute atomic E-state index is 12.4. The summed E-state index contributed by atoms with van der Waals surface area (Å²) >= 11 is 0. The molecule has 1 aliphatic heterocycles. The number of ether oxygens (including phenoxy) is 1. The minimum atomic E-state index is -0.441. The number of pyridine rings is 2. The predicted molar refractivity (Wildman–Crippen MR) is 108 cm³/mol. The number of nitrogens with one attached hydrogen (secondary N) is 1.